The van der Waals surface area contributed by atoms with E-state index >= 15 is 0 Å². The molecular formula is C19H22N2O2. The highest BCUT2D eigenvalue weighted by atomic mass is 16.5. The molecule has 1 aliphatic carbocycles. The van der Waals surface area contributed by atoms with Crippen LogP contribution in [0, 0.1) is 0 Å². The van der Waals surface area contributed by atoms with Gasteiger partial charge in [0, 0.05) is 6.54 Å². The number of hydrogen-bond acceptors (Lipinski definition) is 3. The summed E-state index contributed by atoms with van der Waals surface area (Å²) in [5.41, 5.74) is 2.06. The minimum Gasteiger partial charge on any atom is -0.490 e. The molecule has 1 aromatic heterocycles. The van der Waals surface area contributed by atoms with Crippen molar-refractivity contribution in [2.45, 2.75) is 38.6 Å². The summed E-state index contributed by atoms with van der Waals surface area (Å²) in [7, 11) is 1.51. The molecule has 0 atom stereocenters. The van der Waals surface area contributed by atoms with Crippen molar-refractivity contribution >= 4 is 5.57 Å². The molecule has 0 aliphatic heterocycles. The SMILES string of the molecule is COc1cn(Cc2ccccc2)c(C2=CCCCCC2)nc1=O. The van der Waals surface area contributed by atoms with Crippen molar-refractivity contribution < 1.29 is 4.74 Å². The lowest BCUT2D eigenvalue weighted by Crippen LogP contribution is -2.19. The number of benzene rings is 1. The van der Waals surface area contributed by atoms with E-state index in [9.17, 15) is 4.79 Å². The van der Waals surface area contributed by atoms with Gasteiger partial charge in [-0.1, -0.05) is 42.8 Å². The van der Waals surface area contributed by atoms with E-state index < -0.39 is 0 Å². The average Bonchev–Trinajstić information content (AvgIpc) is 2.86. The van der Waals surface area contributed by atoms with Gasteiger partial charge in [-0.15, -0.1) is 0 Å². The fourth-order valence-electron chi connectivity index (χ4n) is 2.99. The molecular weight excluding hydrogens is 288 g/mol. The van der Waals surface area contributed by atoms with Crippen molar-refractivity contribution in [2.75, 3.05) is 7.11 Å². The smallest absolute Gasteiger partial charge is 0.315 e. The van der Waals surface area contributed by atoms with Gasteiger partial charge in [0.1, 0.15) is 5.82 Å². The molecule has 1 aromatic carbocycles. The van der Waals surface area contributed by atoms with Gasteiger partial charge in [0.25, 0.3) is 0 Å². The first-order valence-corrected chi connectivity index (χ1v) is 8.17. The molecule has 1 heterocycles. The van der Waals surface area contributed by atoms with Crippen LogP contribution in [0.25, 0.3) is 5.57 Å². The lowest BCUT2D eigenvalue weighted by Gasteiger charge is -2.16. The lowest BCUT2D eigenvalue weighted by molar-refractivity contribution is 0.401. The molecule has 23 heavy (non-hydrogen) atoms. The van der Waals surface area contributed by atoms with Crippen LogP contribution < -0.4 is 10.3 Å². The second kappa shape index (κ2) is 7.27. The normalized spacial score (nSPS) is 14.9. The maximum atomic E-state index is 12.1. The minimum atomic E-state index is -0.294. The molecule has 0 saturated carbocycles. The van der Waals surface area contributed by atoms with E-state index in [1.165, 1.54) is 31.1 Å². The molecule has 0 saturated heterocycles. The summed E-state index contributed by atoms with van der Waals surface area (Å²) in [6.07, 6.45) is 9.66. The Morgan fingerprint density at radius 1 is 1.17 bits per heavy atom. The Labute approximate surface area is 136 Å². The Morgan fingerprint density at radius 2 is 2.00 bits per heavy atom. The van der Waals surface area contributed by atoms with Crippen molar-refractivity contribution in [3.8, 4) is 5.75 Å². The van der Waals surface area contributed by atoms with Crippen LogP contribution >= 0.6 is 0 Å². The van der Waals surface area contributed by atoms with Gasteiger partial charge >= 0.3 is 5.56 Å². The zero-order valence-electron chi connectivity index (χ0n) is 13.5. The predicted octanol–water partition coefficient (Wildman–Crippen LogP) is 3.65. The topological polar surface area (TPSA) is 44.1 Å². The van der Waals surface area contributed by atoms with Crippen molar-refractivity contribution in [1.82, 2.24) is 9.55 Å². The van der Waals surface area contributed by atoms with Crippen LogP contribution in [-0.4, -0.2) is 16.7 Å². The quantitative estimate of drug-likeness (QED) is 0.866. The largest absolute Gasteiger partial charge is 0.490 e. The monoisotopic (exact) mass is 310 g/mol. The van der Waals surface area contributed by atoms with Crippen molar-refractivity contribution in [3.63, 3.8) is 0 Å². The van der Waals surface area contributed by atoms with Gasteiger partial charge in [0.2, 0.25) is 5.75 Å². The Bertz CT molecular complexity index is 748. The maximum Gasteiger partial charge on any atom is 0.315 e. The average molecular weight is 310 g/mol. The van der Waals surface area contributed by atoms with E-state index in [1.807, 2.05) is 22.8 Å². The molecule has 0 bridgehead atoms. The van der Waals surface area contributed by atoms with Crippen molar-refractivity contribution in [3.05, 3.63) is 64.3 Å². The second-order valence-electron chi connectivity index (χ2n) is 5.88. The van der Waals surface area contributed by atoms with E-state index in [2.05, 4.69) is 23.2 Å². The summed E-state index contributed by atoms with van der Waals surface area (Å²) in [5, 5.41) is 0. The Kier molecular flexibility index (Phi) is 4.91. The predicted molar refractivity (Wildman–Crippen MR) is 91.7 cm³/mol. The zero-order valence-corrected chi connectivity index (χ0v) is 13.5. The summed E-state index contributed by atoms with van der Waals surface area (Å²) in [6, 6.07) is 10.2. The highest BCUT2D eigenvalue weighted by molar-refractivity contribution is 5.60. The van der Waals surface area contributed by atoms with Crippen LogP contribution in [-0.2, 0) is 6.54 Å². The molecule has 0 radical (unpaired) electrons. The van der Waals surface area contributed by atoms with Gasteiger partial charge in [-0.05, 0) is 36.8 Å². The highest BCUT2D eigenvalue weighted by Crippen LogP contribution is 2.25. The summed E-state index contributed by atoms with van der Waals surface area (Å²) in [4.78, 5) is 16.4. The molecule has 4 heteroatoms. The number of allylic oxidation sites excluding steroid dienone is 2. The fourth-order valence-corrected chi connectivity index (χ4v) is 2.99. The highest BCUT2D eigenvalue weighted by Gasteiger charge is 2.14. The first-order chi connectivity index (χ1) is 11.3. The summed E-state index contributed by atoms with van der Waals surface area (Å²) >= 11 is 0. The second-order valence-corrected chi connectivity index (χ2v) is 5.88. The molecule has 0 spiro atoms. The fraction of sp³-hybridized carbons (Fsp3) is 0.368. The van der Waals surface area contributed by atoms with Gasteiger partial charge in [-0.3, -0.25) is 4.79 Å². The molecule has 2 aromatic rings. The van der Waals surface area contributed by atoms with Gasteiger partial charge in [-0.25, -0.2) is 0 Å². The van der Waals surface area contributed by atoms with Crippen LogP contribution in [0.1, 0.15) is 43.5 Å². The molecule has 0 N–H and O–H groups in total. The number of ether oxygens (including phenoxy) is 1. The Morgan fingerprint density at radius 3 is 2.78 bits per heavy atom. The lowest BCUT2D eigenvalue weighted by atomic mass is 10.1. The molecule has 1 aliphatic rings. The van der Waals surface area contributed by atoms with Crippen LogP contribution in [0.4, 0.5) is 0 Å². The molecule has 120 valence electrons. The van der Waals surface area contributed by atoms with Crippen molar-refractivity contribution in [2.24, 2.45) is 0 Å². The standard InChI is InChI=1S/C19H22N2O2/c1-23-17-14-21(13-15-9-5-4-6-10-15)18(20-19(17)22)16-11-7-2-3-8-12-16/h4-6,9-11,14H,2-3,7-8,12-13H2,1H3. The molecule has 4 nitrogen and oxygen atoms in total. The Balaban J connectivity index is 2.04. The van der Waals surface area contributed by atoms with E-state index in [0.29, 0.717) is 12.3 Å². The van der Waals surface area contributed by atoms with Gasteiger partial charge in [0.15, 0.2) is 0 Å². The van der Waals surface area contributed by atoms with Crippen LogP contribution in [0.3, 0.4) is 0 Å². The molecule has 3 rings (SSSR count). The van der Waals surface area contributed by atoms with E-state index in [-0.39, 0.29) is 5.56 Å². The third-order valence-corrected chi connectivity index (χ3v) is 4.21. The van der Waals surface area contributed by atoms with Crippen LogP contribution in [0.15, 0.2) is 47.4 Å². The molecule has 0 unspecified atom stereocenters. The summed E-state index contributed by atoms with van der Waals surface area (Å²) in [6.45, 7) is 0.678. The van der Waals surface area contributed by atoms with E-state index in [1.54, 1.807) is 6.20 Å². The van der Waals surface area contributed by atoms with Gasteiger partial charge in [-0.2, -0.15) is 4.98 Å². The Hall–Kier alpha value is -2.36. The first-order valence-electron chi connectivity index (χ1n) is 8.17. The van der Waals surface area contributed by atoms with Crippen LogP contribution in [0.5, 0.6) is 5.75 Å². The number of aromatic nitrogens is 2. The number of hydrogen-bond donors (Lipinski definition) is 0. The minimum absolute atomic E-state index is 0.291. The molecule has 0 fully saturated rings. The number of nitrogens with zero attached hydrogens (tertiary/aromatic N) is 2. The zero-order chi connectivity index (χ0) is 16.1. The van der Waals surface area contributed by atoms with Crippen LogP contribution in [0.2, 0.25) is 0 Å². The maximum absolute atomic E-state index is 12.1. The summed E-state index contributed by atoms with van der Waals surface area (Å²) in [5.74, 6) is 1.07. The van der Waals surface area contributed by atoms with Crippen molar-refractivity contribution in [1.29, 1.82) is 0 Å². The third kappa shape index (κ3) is 3.70. The summed E-state index contributed by atoms with van der Waals surface area (Å²) < 4.78 is 7.21. The number of rotatable bonds is 4. The van der Waals surface area contributed by atoms with Gasteiger partial charge < -0.3 is 9.30 Å². The number of methoxy groups -OCH3 is 1. The third-order valence-electron chi connectivity index (χ3n) is 4.21. The van der Waals surface area contributed by atoms with E-state index in [0.717, 1.165) is 25.1 Å². The molecule has 0 amide bonds. The van der Waals surface area contributed by atoms with Gasteiger partial charge in [0.05, 0.1) is 13.3 Å². The first kappa shape index (κ1) is 15.5. The van der Waals surface area contributed by atoms with E-state index in [4.69, 9.17) is 4.74 Å².